The third kappa shape index (κ3) is 3.79. The maximum atomic E-state index is 12.3. The summed E-state index contributed by atoms with van der Waals surface area (Å²) in [6, 6.07) is 6.13. The number of halogens is 2. The Morgan fingerprint density at radius 2 is 1.89 bits per heavy atom. The van der Waals surface area contributed by atoms with Gasteiger partial charge in [0.25, 0.3) is 6.43 Å². The van der Waals surface area contributed by atoms with Gasteiger partial charge in [0.05, 0.1) is 0 Å². The Kier molecular flexibility index (Phi) is 4.67. The average Bonchev–Trinajstić information content (AvgIpc) is 2.88. The van der Waals surface area contributed by atoms with Gasteiger partial charge >= 0.3 is 0 Å². The molecule has 0 spiro atoms. The minimum absolute atomic E-state index is 0.0354. The van der Waals surface area contributed by atoms with Crippen molar-refractivity contribution in [3.8, 4) is 0 Å². The fourth-order valence-electron chi connectivity index (χ4n) is 2.11. The number of alkyl halides is 2. The highest BCUT2D eigenvalue weighted by Crippen LogP contribution is 2.23. The van der Waals surface area contributed by atoms with E-state index in [-0.39, 0.29) is 5.56 Å². The second-order valence-electron chi connectivity index (χ2n) is 4.61. The molecule has 0 amide bonds. The van der Waals surface area contributed by atoms with Gasteiger partial charge in [-0.05, 0) is 24.3 Å². The van der Waals surface area contributed by atoms with Gasteiger partial charge in [-0.1, -0.05) is 42.3 Å². The van der Waals surface area contributed by atoms with Gasteiger partial charge in [-0.15, -0.1) is 0 Å². The van der Waals surface area contributed by atoms with Gasteiger partial charge in [0.2, 0.25) is 0 Å². The first-order chi connectivity index (χ1) is 8.75. The molecule has 0 radical (unpaired) electrons. The Labute approximate surface area is 106 Å². The van der Waals surface area contributed by atoms with E-state index in [2.05, 4.69) is 5.16 Å². The Bertz CT molecular complexity index is 383. The number of benzene rings is 1. The van der Waals surface area contributed by atoms with Gasteiger partial charge in [-0.25, -0.2) is 8.78 Å². The van der Waals surface area contributed by atoms with Crippen LogP contribution in [0.2, 0.25) is 0 Å². The van der Waals surface area contributed by atoms with E-state index in [0.29, 0.717) is 12.5 Å². The number of hydrogen-bond acceptors (Lipinski definition) is 2. The molecular formula is C14H17F2NO. The van der Waals surface area contributed by atoms with Crippen molar-refractivity contribution in [1.29, 1.82) is 0 Å². The summed E-state index contributed by atoms with van der Waals surface area (Å²) < 4.78 is 24.6. The van der Waals surface area contributed by atoms with Gasteiger partial charge in [0.15, 0.2) is 0 Å². The minimum atomic E-state index is -2.42. The molecule has 0 bridgehead atoms. The summed E-state index contributed by atoms with van der Waals surface area (Å²) in [5.41, 5.74) is 0.885. The van der Waals surface area contributed by atoms with Crippen molar-refractivity contribution < 1.29 is 13.6 Å². The fraction of sp³-hybridized carbons (Fsp3) is 0.500. The number of rotatable bonds is 5. The quantitative estimate of drug-likeness (QED) is 0.565. The van der Waals surface area contributed by atoms with Crippen molar-refractivity contribution in [1.82, 2.24) is 0 Å². The lowest BCUT2D eigenvalue weighted by molar-refractivity contribution is 0.130. The molecule has 2 rings (SSSR count). The highest BCUT2D eigenvalue weighted by Gasteiger charge is 2.12. The molecule has 0 heterocycles. The number of nitrogens with zero attached hydrogens (tertiary/aromatic N) is 1. The van der Waals surface area contributed by atoms with Crippen LogP contribution in [-0.2, 0) is 11.4 Å². The van der Waals surface area contributed by atoms with E-state index < -0.39 is 6.43 Å². The van der Waals surface area contributed by atoms with Crippen LogP contribution in [0.15, 0.2) is 29.4 Å². The molecule has 18 heavy (non-hydrogen) atoms. The second kappa shape index (κ2) is 6.47. The normalized spacial score (nSPS) is 16.8. The lowest BCUT2D eigenvalue weighted by Gasteiger charge is -2.03. The predicted molar refractivity (Wildman–Crippen MR) is 66.6 cm³/mol. The van der Waals surface area contributed by atoms with E-state index in [1.807, 2.05) is 6.21 Å². The molecule has 2 nitrogen and oxygen atoms in total. The van der Waals surface area contributed by atoms with Crippen molar-refractivity contribution in [2.45, 2.75) is 38.7 Å². The number of hydrogen-bond donors (Lipinski definition) is 0. The number of oxime groups is 1. The van der Waals surface area contributed by atoms with E-state index in [4.69, 9.17) is 4.84 Å². The fourth-order valence-corrected chi connectivity index (χ4v) is 2.11. The van der Waals surface area contributed by atoms with Crippen LogP contribution in [0.3, 0.4) is 0 Å². The largest absolute Gasteiger partial charge is 0.391 e. The molecule has 0 saturated heterocycles. The zero-order valence-electron chi connectivity index (χ0n) is 10.2. The maximum Gasteiger partial charge on any atom is 0.263 e. The second-order valence-corrected chi connectivity index (χ2v) is 4.61. The van der Waals surface area contributed by atoms with Crippen LogP contribution in [0.4, 0.5) is 8.78 Å². The van der Waals surface area contributed by atoms with Crippen LogP contribution in [-0.4, -0.2) is 6.21 Å². The van der Waals surface area contributed by atoms with Gasteiger partial charge in [-0.2, -0.15) is 0 Å². The summed E-state index contributed by atoms with van der Waals surface area (Å²) in [6.07, 6.45) is 4.37. The summed E-state index contributed by atoms with van der Waals surface area (Å²) in [5.74, 6) is 0.547. The molecule has 4 heteroatoms. The first kappa shape index (κ1) is 13.0. The van der Waals surface area contributed by atoms with Crippen molar-refractivity contribution in [2.24, 2.45) is 11.1 Å². The zero-order chi connectivity index (χ0) is 12.8. The smallest absolute Gasteiger partial charge is 0.263 e. The van der Waals surface area contributed by atoms with Crippen molar-refractivity contribution >= 4 is 6.21 Å². The molecule has 1 aliphatic rings. The molecule has 0 aliphatic heterocycles. The van der Waals surface area contributed by atoms with Crippen molar-refractivity contribution in [3.05, 3.63) is 35.4 Å². The van der Waals surface area contributed by atoms with E-state index >= 15 is 0 Å². The standard InChI is InChI=1S/C14H17F2NO/c15-14(16)13-7-5-12(6-8-13)10-18-17-9-11-3-1-2-4-11/h5-9,11,14H,1-4,10H2. The third-order valence-electron chi connectivity index (χ3n) is 3.21. The van der Waals surface area contributed by atoms with E-state index in [1.54, 1.807) is 12.1 Å². The van der Waals surface area contributed by atoms with E-state index in [0.717, 1.165) is 5.56 Å². The van der Waals surface area contributed by atoms with Crippen molar-refractivity contribution in [3.63, 3.8) is 0 Å². The monoisotopic (exact) mass is 253 g/mol. The molecule has 1 aliphatic carbocycles. The Balaban J connectivity index is 1.75. The summed E-state index contributed by atoms with van der Waals surface area (Å²) in [5, 5.41) is 3.93. The van der Waals surface area contributed by atoms with Crippen LogP contribution in [0.5, 0.6) is 0 Å². The molecule has 1 fully saturated rings. The molecule has 0 atom stereocenters. The van der Waals surface area contributed by atoms with Gasteiger partial charge < -0.3 is 4.84 Å². The van der Waals surface area contributed by atoms with Gasteiger partial charge in [-0.3, -0.25) is 0 Å². The summed E-state index contributed by atoms with van der Waals surface area (Å²) in [6.45, 7) is 0.326. The van der Waals surface area contributed by atoms with Crippen molar-refractivity contribution in [2.75, 3.05) is 0 Å². The lowest BCUT2D eigenvalue weighted by Crippen LogP contribution is -1.95. The molecule has 0 aromatic heterocycles. The molecular weight excluding hydrogens is 236 g/mol. The average molecular weight is 253 g/mol. The Hall–Kier alpha value is -1.45. The summed E-state index contributed by atoms with van der Waals surface area (Å²) in [4.78, 5) is 5.16. The summed E-state index contributed by atoms with van der Waals surface area (Å²) >= 11 is 0. The first-order valence-electron chi connectivity index (χ1n) is 6.28. The molecule has 0 unspecified atom stereocenters. The van der Waals surface area contributed by atoms with E-state index in [1.165, 1.54) is 37.8 Å². The maximum absolute atomic E-state index is 12.3. The van der Waals surface area contributed by atoms with Crippen LogP contribution in [0, 0.1) is 5.92 Å². The molecule has 1 saturated carbocycles. The molecule has 0 N–H and O–H groups in total. The van der Waals surface area contributed by atoms with E-state index in [9.17, 15) is 8.78 Å². The topological polar surface area (TPSA) is 21.6 Å². The Morgan fingerprint density at radius 3 is 2.50 bits per heavy atom. The highest BCUT2D eigenvalue weighted by molar-refractivity contribution is 5.60. The molecule has 1 aromatic rings. The minimum Gasteiger partial charge on any atom is -0.391 e. The van der Waals surface area contributed by atoms with Crippen LogP contribution < -0.4 is 0 Å². The highest BCUT2D eigenvalue weighted by atomic mass is 19.3. The predicted octanol–water partition coefficient (Wildman–Crippen LogP) is 4.32. The summed E-state index contributed by atoms with van der Waals surface area (Å²) in [7, 11) is 0. The Morgan fingerprint density at radius 1 is 1.22 bits per heavy atom. The zero-order valence-corrected chi connectivity index (χ0v) is 10.2. The first-order valence-corrected chi connectivity index (χ1v) is 6.28. The van der Waals surface area contributed by atoms with Gasteiger partial charge in [0.1, 0.15) is 6.61 Å². The molecule has 1 aromatic carbocycles. The van der Waals surface area contributed by atoms with Crippen LogP contribution in [0.25, 0.3) is 0 Å². The lowest BCUT2D eigenvalue weighted by atomic mass is 10.1. The third-order valence-corrected chi connectivity index (χ3v) is 3.21. The van der Waals surface area contributed by atoms with Crippen LogP contribution >= 0.6 is 0 Å². The van der Waals surface area contributed by atoms with Gasteiger partial charge in [0, 0.05) is 11.8 Å². The molecule has 98 valence electrons. The SMILES string of the molecule is FC(F)c1ccc(CON=CC2CCCC2)cc1. The van der Waals surface area contributed by atoms with Crippen LogP contribution in [0.1, 0.15) is 43.2 Å².